The summed E-state index contributed by atoms with van der Waals surface area (Å²) in [6, 6.07) is 6.49. The lowest BCUT2D eigenvalue weighted by Crippen LogP contribution is -2.26. The Hall–Kier alpha value is -2.37. The zero-order chi connectivity index (χ0) is 15.4. The van der Waals surface area contributed by atoms with Gasteiger partial charge in [-0.1, -0.05) is 13.0 Å². The van der Waals surface area contributed by atoms with Crippen LogP contribution in [-0.2, 0) is 14.3 Å². The Kier molecular flexibility index (Phi) is 4.57. The Morgan fingerprint density at radius 3 is 2.81 bits per heavy atom. The normalized spacial score (nSPS) is 17.9. The maximum Gasteiger partial charge on any atom is 0.338 e. The summed E-state index contributed by atoms with van der Waals surface area (Å²) < 4.78 is 5.04. The SMILES string of the molecule is CCCOC(=O)c1cccc(N2CC(C(=O)O)CC2=O)c1. The number of hydrogen-bond donors (Lipinski definition) is 1. The minimum absolute atomic E-state index is 0.0140. The molecule has 6 nitrogen and oxygen atoms in total. The molecule has 1 aliphatic rings. The van der Waals surface area contributed by atoms with Crippen molar-refractivity contribution in [2.75, 3.05) is 18.1 Å². The summed E-state index contributed by atoms with van der Waals surface area (Å²) in [5, 5.41) is 8.98. The Morgan fingerprint density at radius 2 is 2.19 bits per heavy atom. The maximum absolute atomic E-state index is 11.9. The fraction of sp³-hybridized carbons (Fsp3) is 0.400. The fourth-order valence-corrected chi connectivity index (χ4v) is 2.20. The van der Waals surface area contributed by atoms with Crippen LogP contribution in [0.5, 0.6) is 0 Å². The number of carboxylic acids is 1. The predicted octanol–water partition coefficient (Wildman–Crippen LogP) is 1.69. The van der Waals surface area contributed by atoms with E-state index >= 15 is 0 Å². The molecule has 1 heterocycles. The van der Waals surface area contributed by atoms with Gasteiger partial charge in [-0.15, -0.1) is 0 Å². The summed E-state index contributed by atoms with van der Waals surface area (Å²) in [6.45, 7) is 2.37. The number of carbonyl (C=O) groups is 3. The van der Waals surface area contributed by atoms with Crippen LogP contribution in [0.25, 0.3) is 0 Å². The van der Waals surface area contributed by atoms with Gasteiger partial charge < -0.3 is 14.7 Å². The number of aliphatic carboxylic acids is 1. The highest BCUT2D eigenvalue weighted by molar-refractivity contribution is 6.00. The minimum atomic E-state index is -0.982. The second kappa shape index (κ2) is 6.39. The molecule has 1 aliphatic heterocycles. The van der Waals surface area contributed by atoms with E-state index in [9.17, 15) is 14.4 Å². The van der Waals surface area contributed by atoms with Gasteiger partial charge in [-0.05, 0) is 24.6 Å². The first kappa shape index (κ1) is 15.0. The molecule has 6 heteroatoms. The molecule has 1 unspecified atom stereocenters. The molecular formula is C15H17NO5. The molecule has 1 amide bonds. The third kappa shape index (κ3) is 3.39. The molecular weight excluding hydrogens is 274 g/mol. The largest absolute Gasteiger partial charge is 0.481 e. The number of anilines is 1. The zero-order valence-electron chi connectivity index (χ0n) is 11.7. The van der Waals surface area contributed by atoms with Crippen molar-refractivity contribution < 1.29 is 24.2 Å². The molecule has 21 heavy (non-hydrogen) atoms. The summed E-state index contributed by atoms with van der Waals surface area (Å²) in [4.78, 5) is 36.1. The van der Waals surface area contributed by atoms with E-state index in [1.165, 1.54) is 4.90 Å². The van der Waals surface area contributed by atoms with Crippen LogP contribution in [0.1, 0.15) is 30.1 Å². The van der Waals surface area contributed by atoms with E-state index in [2.05, 4.69) is 0 Å². The predicted molar refractivity (Wildman–Crippen MR) is 75.1 cm³/mol. The van der Waals surface area contributed by atoms with Crippen LogP contribution in [0.2, 0.25) is 0 Å². The number of amides is 1. The van der Waals surface area contributed by atoms with Crippen molar-refractivity contribution in [3.8, 4) is 0 Å². The molecule has 1 saturated heterocycles. The highest BCUT2D eigenvalue weighted by atomic mass is 16.5. The first-order valence-electron chi connectivity index (χ1n) is 6.83. The van der Waals surface area contributed by atoms with E-state index in [0.717, 1.165) is 6.42 Å². The van der Waals surface area contributed by atoms with Crippen LogP contribution in [0.4, 0.5) is 5.69 Å². The molecule has 0 bridgehead atoms. The van der Waals surface area contributed by atoms with Crippen LogP contribution < -0.4 is 4.90 Å². The average Bonchev–Trinajstić information content (AvgIpc) is 2.87. The Balaban J connectivity index is 2.16. The molecule has 112 valence electrons. The van der Waals surface area contributed by atoms with Gasteiger partial charge in [0.1, 0.15) is 0 Å². The van der Waals surface area contributed by atoms with Gasteiger partial charge in [-0.2, -0.15) is 0 Å². The number of benzene rings is 1. The summed E-state index contributed by atoms with van der Waals surface area (Å²) in [5.74, 6) is -2.38. The summed E-state index contributed by atoms with van der Waals surface area (Å²) in [7, 11) is 0. The molecule has 0 saturated carbocycles. The van der Waals surface area contributed by atoms with Crippen LogP contribution in [0.3, 0.4) is 0 Å². The summed E-state index contributed by atoms with van der Waals surface area (Å²) in [5.41, 5.74) is 0.877. The van der Waals surface area contributed by atoms with E-state index in [1.54, 1.807) is 24.3 Å². The van der Waals surface area contributed by atoms with Gasteiger partial charge in [0.15, 0.2) is 0 Å². The molecule has 2 rings (SSSR count). The lowest BCUT2D eigenvalue weighted by molar-refractivity contribution is -0.141. The second-order valence-corrected chi connectivity index (χ2v) is 4.93. The third-order valence-electron chi connectivity index (χ3n) is 3.31. The zero-order valence-corrected chi connectivity index (χ0v) is 11.7. The van der Waals surface area contributed by atoms with Crippen molar-refractivity contribution in [3.63, 3.8) is 0 Å². The van der Waals surface area contributed by atoms with Gasteiger partial charge in [-0.3, -0.25) is 9.59 Å². The van der Waals surface area contributed by atoms with Crippen molar-refractivity contribution in [2.24, 2.45) is 5.92 Å². The van der Waals surface area contributed by atoms with Crippen molar-refractivity contribution in [1.29, 1.82) is 0 Å². The average molecular weight is 291 g/mol. The van der Waals surface area contributed by atoms with Gasteiger partial charge in [0.25, 0.3) is 0 Å². The third-order valence-corrected chi connectivity index (χ3v) is 3.31. The molecule has 1 atom stereocenters. The lowest BCUT2D eigenvalue weighted by Gasteiger charge is -2.16. The topological polar surface area (TPSA) is 83.9 Å². The van der Waals surface area contributed by atoms with Gasteiger partial charge >= 0.3 is 11.9 Å². The number of rotatable bonds is 5. The van der Waals surface area contributed by atoms with E-state index in [0.29, 0.717) is 17.9 Å². The van der Waals surface area contributed by atoms with Gasteiger partial charge in [0.05, 0.1) is 18.1 Å². The number of esters is 1. The highest BCUT2D eigenvalue weighted by Gasteiger charge is 2.35. The number of nitrogens with zero attached hydrogens (tertiary/aromatic N) is 1. The lowest BCUT2D eigenvalue weighted by atomic mass is 10.1. The van der Waals surface area contributed by atoms with Crippen molar-refractivity contribution >= 4 is 23.5 Å². The first-order valence-corrected chi connectivity index (χ1v) is 6.83. The first-order chi connectivity index (χ1) is 10.0. The molecule has 1 aromatic rings. The fourth-order valence-electron chi connectivity index (χ4n) is 2.20. The van der Waals surface area contributed by atoms with E-state index in [-0.39, 0.29) is 18.9 Å². The van der Waals surface area contributed by atoms with Crippen LogP contribution in [-0.4, -0.2) is 36.1 Å². The molecule has 0 spiro atoms. The van der Waals surface area contributed by atoms with E-state index < -0.39 is 17.9 Å². The number of carbonyl (C=O) groups excluding carboxylic acids is 2. The Bertz CT molecular complexity index is 569. The Morgan fingerprint density at radius 1 is 1.43 bits per heavy atom. The van der Waals surface area contributed by atoms with E-state index in [4.69, 9.17) is 9.84 Å². The van der Waals surface area contributed by atoms with E-state index in [1.807, 2.05) is 6.92 Å². The molecule has 1 fully saturated rings. The van der Waals surface area contributed by atoms with Crippen molar-refractivity contribution in [3.05, 3.63) is 29.8 Å². The molecule has 0 radical (unpaired) electrons. The molecule has 0 aliphatic carbocycles. The number of ether oxygens (including phenoxy) is 1. The molecule has 1 aromatic carbocycles. The van der Waals surface area contributed by atoms with Crippen LogP contribution in [0, 0.1) is 5.92 Å². The standard InChI is InChI=1S/C15H17NO5/c1-2-6-21-15(20)10-4-3-5-12(7-10)16-9-11(14(18)19)8-13(16)17/h3-5,7,11H,2,6,8-9H2,1H3,(H,18,19). The molecule has 1 N–H and O–H groups in total. The minimum Gasteiger partial charge on any atom is -0.481 e. The van der Waals surface area contributed by atoms with Crippen molar-refractivity contribution in [1.82, 2.24) is 0 Å². The molecule has 0 aromatic heterocycles. The van der Waals surface area contributed by atoms with Crippen molar-refractivity contribution in [2.45, 2.75) is 19.8 Å². The Labute approximate surface area is 122 Å². The van der Waals surface area contributed by atoms with Gasteiger partial charge in [0.2, 0.25) is 5.91 Å². The van der Waals surface area contributed by atoms with Crippen LogP contribution in [0.15, 0.2) is 24.3 Å². The smallest absolute Gasteiger partial charge is 0.338 e. The quantitative estimate of drug-likeness (QED) is 0.835. The second-order valence-electron chi connectivity index (χ2n) is 4.93. The number of carboxylic acid groups (broad SMARTS) is 1. The van der Waals surface area contributed by atoms with Gasteiger partial charge in [0, 0.05) is 18.7 Å². The van der Waals surface area contributed by atoms with Crippen LogP contribution >= 0.6 is 0 Å². The number of hydrogen-bond acceptors (Lipinski definition) is 4. The summed E-state index contributed by atoms with van der Waals surface area (Å²) in [6.07, 6.45) is 0.718. The monoisotopic (exact) mass is 291 g/mol. The maximum atomic E-state index is 11.9. The van der Waals surface area contributed by atoms with Gasteiger partial charge in [-0.25, -0.2) is 4.79 Å². The highest BCUT2D eigenvalue weighted by Crippen LogP contribution is 2.26. The summed E-state index contributed by atoms with van der Waals surface area (Å²) >= 11 is 0.